The average Bonchev–Trinajstić information content (AvgIpc) is 2.95. The van der Waals surface area contributed by atoms with Crippen LogP contribution in [0.5, 0.6) is 0 Å². The van der Waals surface area contributed by atoms with Crippen molar-refractivity contribution in [2.45, 2.75) is 40.0 Å². The fraction of sp³-hybridized carbons (Fsp3) is 0.400. The Kier molecular flexibility index (Phi) is 3.02. The zero-order valence-corrected chi connectivity index (χ0v) is 13.5. The van der Waals surface area contributed by atoms with Crippen LogP contribution in [0.3, 0.4) is 0 Å². The molecule has 3 heterocycles. The molecule has 0 aliphatic heterocycles. The van der Waals surface area contributed by atoms with Crippen molar-refractivity contribution in [2.75, 3.05) is 0 Å². The molecule has 0 fully saturated rings. The van der Waals surface area contributed by atoms with E-state index in [1.54, 1.807) is 0 Å². The molecule has 0 aromatic carbocycles. The second-order valence-corrected chi connectivity index (χ2v) is 7.37. The maximum Gasteiger partial charge on any atom is 0.260 e. The number of aryl methyl sites for hydroxylation is 2. The van der Waals surface area contributed by atoms with Gasteiger partial charge in [0.2, 0.25) is 0 Å². The van der Waals surface area contributed by atoms with Crippen LogP contribution in [0.25, 0.3) is 21.7 Å². The number of fused-ring (bicyclic) bond motifs is 1. The Morgan fingerprint density at radius 3 is 2.57 bits per heavy atom. The molecule has 1 N–H and O–H groups in total. The summed E-state index contributed by atoms with van der Waals surface area (Å²) in [6, 6.07) is 0. The van der Waals surface area contributed by atoms with Gasteiger partial charge in [-0.15, -0.1) is 11.3 Å². The van der Waals surface area contributed by atoms with Crippen LogP contribution >= 0.6 is 11.3 Å². The van der Waals surface area contributed by atoms with Gasteiger partial charge in [-0.3, -0.25) is 4.79 Å². The minimum Gasteiger partial charge on any atom is -0.448 e. The van der Waals surface area contributed by atoms with E-state index in [0.717, 1.165) is 15.3 Å². The summed E-state index contributed by atoms with van der Waals surface area (Å²) in [5.41, 5.74) is 1.24. The number of hydrogen-bond acceptors (Lipinski definition) is 5. The third kappa shape index (κ3) is 2.29. The van der Waals surface area contributed by atoms with Gasteiger partial charge >= 0.3 is 0 Å². The van der Waals surface area contributed by atoms with Gasteiger partial charge in [0, 0.05) is 10.3 Å². The van der Waals surface area contributed by atoms with Gasteiger partial charge in [-0.2, -0.15) is 0 Å². The number of thiophene rings is 1. The van der Waals surface area contributed by atoms with Gasteiger partial charge in [0.05, 0.1) is 5.39 Å². The van der Waals surface area contributed by atoms with E-state index in [1.807, 2.05) is 34.6 Å². The van der Waals surface area contributed by atoms with E-state index in [2.05, 4.69) is 15.0 Å². The van der Waals surface area contributed by atoms with Gasteiger partial charge in [0.1, 0.15) is 16.8 Å². The number of nitrogens with zero attached hydrogens (tertiary/aromatic N) is 2. The maximum absolute atomic E-state index is 12.3. The minimum atomic E-state index is -0.182. The highest BCUT2D eigenvalue weighted by Crippen LogP contribution is 2.28. The molecule has 0 saturated carbocycles. The van der Waals surface area contributed by atoms with Crippen molar-refractivity contribution in [3.8, 4) is 11.5 Å². The molecule has 0 bridgehead atoms. The molecule has 0 spiro atoms. The van der Waals surface area contributed by atoms with Crippen LogP contribution in [0.4, 0.5) is 0 Å². The summed E-state index contributed by atoms with van der Waals surface area (Å²) in [5.74, 6) is 1.08. The van der Waals surface area contributed by atoms with Crippen molar-refractivity contribution in [1.29, 1.82) is 0 Å². The standard InChI is InChI=1S/C15H17N3O2S/c1-7-8(2)21-13-10(7)12(19)17-11(18-13)9-6-20-14(16-9)15(3,4)5/h6H,1-5H3,(H,17,18,19). The first-order valence-corrected chi connectivity index (χ1v) is 7.55. The Bertz CT molecular complexity index is 881. The molecule has 0 saturated heterocycles. The maximum atomic E-state index is 12.3. The molecule has 5 nitrogen and oxygen atoms in total. The molecule has 0 atom stereocenters. The third-order valence-corrected chi connectivity index (χ3v) is 4.53. The smallest absolute Gasteiger partial charge is 0.260 e. The van der Waals surface area contributed by atoms with Gasteiger partial charge in [0.15, 0.2) is 11.7 Å². The quantitative estimate of drug-likeness (QED) is 0.746. The van der Waals surface area contributed by atoms with Crippen LogP contribution in [0, 0.1) is 13.8 Å². The van der Waals surface area contributed by atoms with Crippen molar-refractivity contribution in [3.05, 3.63) is 32.9 Å². The molecule has 0 aliphatic carbocycles. The summed E-state index contributed by atoms with van der Waals surface area (Å²) in [5, 5.41) is 0.667. The number of aromatic nitrogens is 3. The van der Waals surface area contributed by atoms with Crippen molar-refractivity contribution < 1.29 is 4.42 Å². The molecule has 3 rings (SSSR count). The van der Waals surface area contributed by atoms with E-state index in [1.165, 1.54) is 17.6 Å². The lowest BCUT2D eigenvalue weighted by molar-refractivity contribution is 0.392. The van der Waals surface area contributed by atoms with Gasteiger partial charge in [-0.1, -0.05) is 20.8 Å². The summed E-state index contributed by atoms with van der Waals surface area (Å²) in [7, 11) is 0. The first kappa shape index (κ1) is 14.0. The molecule has 21 heavy (non-hydrogen) atoms. The van der Waals surface area contributed by atoms with Crippen LogP contribution in [0.1, 0.15) is 37.1 Å². The predicted molar refractivity (Wildman–Crippen MR) is 83.9 cm³/mol. The molecule has 0 amide bonds. The van der Waals surface area contributed by atoms with Gasteiger partial charge in [-0.05, 0) is 19.4 Å². The van der Waals surface area contributed by atoms with Crippen molar-refractivity contribution in [2.24, 2.45) is 0 Å². The predicted octanol–water partition coefficient (Wildman–Crippen LogP) is 3.55. The van der Waals surface area contributed by atoms with E-state index < -0.39 is 0 Å². The Morgan fingerprint density at radius 2 is 1.95 bits per heavy atom. The van der Waals surface area contributed by atoms with Crippen LogP contribution in [0.2, 0.25) is 0 Å². The van der Waals surface area contributed by atoms with Crippen LogP contribution in [-0.4, -0.2) is 15.0 Å². The highest BCUT2D eigenvalue weighted by molar-refractivity contribution is 7.18. The summed E-state index contributed by atoms with van der Waals surface area (Å²) in [6.07, 6.45) is 1.54. The first-order chi connectivity index (χ1) is 9.77. The fourth-order valence-electron chi connectivity index (χ4n) is 2.10. The van der Waals surface area contributed by atoms with Gasteiger partial charge in [-0.25, -0.2) is 9.97 Å². The summed E-state index contributed by atoms with van der Waals surface area (Å²) < 4.78 is 5.49. The number of hydrogen-bond donors (Lipinski definition) is 1. The number of H-pyrrole nitrogens is 1. The Hall–Kier alpha value is -1.95. The lowest BCUT2D eigenvalue weighted by Crippen LogP contribution is -2.12. The average molecular weight is 303 g/mol. The van der Waals surface area contributed by atoms with Crippen molar-refractivity contribution in [1.82, 2.24) is 15.0 Å². The number of rotatable bonds is 1. The molecule has 3 aromatic heterocycles. The van der Waals surface area contributed by atoms with Gasteiger partial charge in [0.25, 0.3) is 5.56 Å². The highest BCUT2D eigenvalue weighted by atomic mass is 32.1. The Balaban J connectivity index is 2.18. The van der Waals surface area contributed by atoms with E-state index in [-0.39, 0.29) is 11.0 Å². The lowest BCUT2D eigenvalue weighted by atomic mass is 9.97. The zero-order chi connectivity index (χ0) is 15.4. The lowest BCUT2D eigenvalue weighted by Gasteiger charge is -2.11. The molecule has 110 valence electrons. The number of oxazole rings is 1. The topological polar surface area (TPSA) is 71.8 Å². The third-order valence-electron chi connectivity index (χ3n) is 3.43. The SMILES string of the molecule is Cc1sc2nc(-c3coc(C(C)(C)C)n3)[nH]c(=O)c2c1C. The Labute approximate surface area is 126 Å². The van der Waals surface area contributed by atoms with E-state index in [9.17, 15) is 4.79 Å². The minimum absolute atomic E-state index is 0.128. The van der Waals surface area contributed by atoms with Crippen LogP contribution in [0.15, 0.2) is 15.5 Å². The summed E-state index contributed by atoms with van der Waals surface area (Å²) in [6.45, 7) is 10.0. The second-order valence-electron chi connectivity index (χ2n) is 6.17. The molecule has 3 aromatic rings. The van der Waals surface area contributed by atoms with E-state index in [0.29, 0.717) is 22.8 Å². The summed E-state index contributed by atoms with van der Waals surface area (Å²) >= 11 is 1.52. The van der Waals surface area contributed by atoms with E-state index in [4.69, 9.17) is 4.42 Å². The number of aromatic amines is 1. The number of nitrogens with one attached hydrogen (secondary N) is 1. The van der Waals surface area contributed by atoms with Crippen molar-refractivity contribution in [3.63, 3.8) is 0 Å². The zero-order valence-electron chi connectivity index (χ0n) is 12.7. The van der Waals surface area contributed by atoms with Crippen LogP contribution in [-0.2, 0) is 5.41 Å². The molecular weight excluding hydrogens is 286 g/mol. The summed E-state index contributed by atoms with van der Waals surface area (Å²) in [4.78, 5) is 25.9. The molecule has 6 heteroatoms. The highest BCUT2D eigenvalue weighted by Gasteiger charge is 2.22. The normalized spacial score (nSPS) is 12.2. The molecule has 0 radical (unpaired) electrons. The molecule has 0 unspecified atom stereocenters. The molecular formula is C15H17N3O2S. The van der Waals surface area contributed by atoms with Crippen molar-refractivity contribution >= 4 is 21.6 Å². The fourth-order valence-corrected chi connectivity index (χ4v) is 3.13. The van der Waals surface area contributed by atoms with Gasteiger partial charge < -0.3 is 9.40 Å². The first-order valence-electron chi connectivity index (χ1n) is 6.74. The molecule has 0 aliphatic rings. The van der Waals surface area contributed by atoms with Crippen LogP contribution < -0.4 is 5.56 Å². The van der Waals surface area contributed by atoms with E-state index >= 15 is 0 Å². The monoisotopic (exact) mass is 303 g/mol. The second kappa shape index (κ2) is 4.53. The Morgan fingerprint density at radius 1 is 1.24 bits per heavy atom. The largest absolute Gasteiger partial charge is 0.448 e.